The summed E-state index contributed by atoms with van der Waals surface area (Å²) >= 11 is 0. The number of esters is 1. The van der Waals surface area contributed by atoms with Crippen LogP contribution in [0, 0.1) is 5.92 Å². The van der Waals surface area contributed by atoms with E-state index >= 15 is 0 Å². The van der Waals surface area contributed by atoms with Gasteiger partial charge in [0, 0.05) is 5.92 Å². The molecule has 0 unspecified atom stereocenters. The molecule has 1 aliphatic carbocycles. The van der Waals surface area contributed by atoms with Gasteiger partial charge >= 0.3 is 12.1 Å². The number of hydrogen-bond acceptors (Lipinski definition) is 6. The standard InChI is InChI=1S/C26H30N2O6/c1-15(2)12-21(25(31)33-3)28-13-22(29)23(24(28)30)27-26(32)34-14-20-18-10-6-4-8-16(18)17-9-5-7-11-19(17)20/h4-11,15,20-23,29H,12-14H2,1-3H3,(H,27,32)/t21-,22-,23+/m1/s1. The number of rotatable bonds is 7. The Kier molecular flexibility index (Phi) is 6.88. The molecule has 8 nitrogen and oxygen atoms in total. The lowest BCUT2D eigenvalue weighted by Crippen LogP contribution is -2.49. The van der Waals surface area contributed by atoms with Crippen LogP contribution >= 0.6 is 0 Å². The summed E-state index contributed by atoms with van der Waals surface area (Å²) in [6, 6.07) is 14.0. The Morgan fingerprint density at radius 1 is 1.09 bits per heavy atom. The van der Waals surface area contributed by atoms with Gasteiger partial charge in [-0.3, -0.25) is 4.79 Å². The minimum atomic E-state index is -1.19. The summed E-state index contributed by atoms with van der Waals surface area (Å²) in [5, 5.41) is 13.0. The highest BCUT2D eigenvalue weighted by atomic mass is 16.5. The number of carbonyl (C=O) groups excluding carboxylic acids is 3. The maximum Gasteiger partial charge on any atom is 0.407 e. The van der Waals surface area contributed by atoms with E-state index in [4.69, 9.17) is 9.47 Å². The summed E-state index contributed by atoms with van der Waals surface area (Å²) in [5.74, 6) is -1.06. The van der Waals surface area contributed by atoms with Crippen molar-refractivity contribution in [3.63, 3.8) is 0 Å². The molecule has 0 spiro atoms. The lowest BCUT2D eigenvalue weighted by atomic mass is 9.98. The second-order valence-corrected chi connectivity index (χ2v) is 9.17. The number of alkyl carbamates (subject to hydrolysis) is 1. The van der Waals surface area contributed by atoms with Gasteiger partial charge in [-0.1, -0.05) is 62.4 Å². The van der Waals surface area contributed by atoms with Crippen LogP contribution in [0.5, 0.6) is 0 Å². The third kappa shape index (κ3) is 4.50. The summed E-state index contributed by atoms with van der Waals surface area (Å²) in [7, 11) is 1.26. The summed E-state index contributed by atoms with van der Waals surface area (Å²) in [6.07, 6.45) is -1.56. The summed E-state index contributed by atoms with van der Waals surface area (Å²) in [4.78, 5) is 39.1. The molecule has 0 radical (unpaired) electrons. The number of fused-ring (bicyclic) bond motifs is 3. The van der Waals surface area contributed by atoms with Crippen LogP contribution < -0.4 is 5.32 Å². The predicted octanol–water partition coefficient (Wildman–Crippen LogP) is 2.68. The average molecular weight is 467 g/mol. The number of amides is 2. The van der Waals surface area contributed by atoms with Crippen molar-refractivity contribution in [1.29, 1.82) is 0 Å². The number of hydrogen-bond donors (Lipinski definition) is 2. The molecule has 2 aliphatic rings. The summed E-state index contributed by atoms with van der Waals surface area (Å²) < 4.78 is 10.4. The zero-order chi connectivity index (χ0) is 24.4. The van der Waals surface area contributed by atoms with E-state index in [1.54, 1.807) is 0 Å². The number of β-amino-alcohol motifs (C(OH)–C–C–N with tert-alkyl or cyclic N) is 1. The SMILES string of the molecule is COC(=O)[C@@H](CC(C)C)N1C[C@@H](O)[C@H](NC(=O)OCC2c3ccccc3-c3ccccc32)C1=O. The molecule has 2 aromatic rings. The van der Waals surface area contributed by atoms with E-state index in [0.29, 0.717) is 6.42 Å². The Morgan fingerprint density at radius 2 is 1.68 bits per heavy atom. The Balaban J connectivity index is 1.42. The second-order valence-electron chi connectivity index (χ2n) is 9.17. The van der Waals surface area contributed by atoms with Crippen molar-refractivity contribution in [2.24, 2.45) is 5.92 Å². The molecule has 1 saturated heterocycles. The van der Waals surface area contributed by atoms with Crippen LogP contribution in [-0.4, -0.2) is 66.4 Å². The van der Waals surface area contributed by atoms with Gasteiger partial charge < -0.3 is 24.8 Å². The highest BCUT2D eigenvalue weighted by Crippen LogP contribution is 2.44. The fourth-order valence-electron chi connectivity index (χ4n) is 4.88. The average Bonchev–Trinajstić information content (AvgIpc) is 3.29. The predicted molar refractivity (Wildman–Crippen MR) is 125 cm³/mol. The van der Waals surface area contributed by atoms with Crippen LogP contribution in [0.1, 0.15) is 37.3 Å². The van der Waals surface area contributed by atoms with Gasteiger partial charge in [-0.15, -0.1) is 0 Å². The second kappa shape index (κ2) is 9.85. The Morgan fingerprint density at radius 3 is 2.24 bits per heavy atom. The molecule has 4 rings (SSSR count). The highest BCUT2D eigenvalue weighted by molar-refractivity contribution is 5.92. The van der Waals surface area contributed by atoms with Crippen molar-refractivity contribution in [3.8, 4) is 11.1 Å². The molecule has 0 aromatic heterocycles. The van der Waals surface area contributed by atoms with Crippen molar-refractivity contribution >= 4 is 18.0 Å². The van der Waals surface area contributed by atoms with Crippen molar-refractivity contribution in [3.05, 3.63) is 59.7 Å². The van der Waals surface area contributed by atoms with Gasteiger partial charge in [-0.05, 0) is 34.6 Å². The number of likely N-dealkylation sites (tertiary alicyclic amines) is 1. The Labute approximate surface area is 198 Å². The van der Waals surface area contributed by atoms with Gasteiger partial charge in [0.2, 0.25) is 5.91 Å². The van der Waals surface area contributed by atoms with Crippen LogP contribution in [0.3, 0.4) is 0 Å². The number of nitrogens with zero attached hydrogens (tertiary/aromatic N) is 1. The number of benzene rings is 2. The quantitative estimate of drug-likeness (QED) is 0.608. The lowest BCUT2D eigenvalue weighted by Gasteiger charge is -2.27. The molecule has 34 heavy (non-hydrogen) atoms. The molecule has 1 fully saturated rings. The third-order valence-electron chi connectivity index (χ3n) is 6.48. The van der Waals surface area contributed by atoms with Crippen LogP contribution in [0.15, 0.2) is 48.5 Å². The molecule has 3 atom stereocenters. The topological polar surface area (TPSA) is 105 Å². The molecule has 8 heteroatoms. The monoisotopic (exact) mass is 466 g/mol. The Hall–Kier alpha value is -3.39. The Bertz CT molecular complexity index is 1040. The summed E-state index contributed by atoms with van der Waals surface area (Å²) in [5.41, 5.74) is 4.38. The zero-order valence-corrected chi connectivity index (χ0v) is 19.6. The molecule has 0 bridgehead atoms. The molecule has 2 amide bonds. The normalized spacial score (nSPS) is 20.1. The van der Waals surface area contributed by atoms with Gasteiger partial charge in [0.15, 0.2) is 0 Å². The maximum atomic E-state index is 13.0. The van der Waals surface area contributed by atoms with Gasteiger partial charge in [0.1, 0.15) is 24.8 Å². The zero-order valence-electron chi connectivity index (χ0n) is 19.6. The van der Waals surface area contributed by atoms with Gasteiger partial charge in [-0.25, -0.2) is 9.59 Å². The molecular formula is C26H30N2O6. The van der Waals surface area contributed by atoms with E-state index in [0.717, 1.165) is 22.3 Å². The number of aliphatic hydroxyl groups excluding tert-OH is 1. The lowest BCUT2D eigenvalue weighted by molar-refractivity contribution is -0.152. The first-order valence-electron chi connectivity index (χ1n) is 11.5. The van der Waals surface area contributed by atoms with Gasteiger partial charge in [0.05, 0.1) is 13.7 Å². The molecular weight excluding hydrogens is 436 g/mol. The fourth-order valence-corrected chi connectivity index (χ4v) is 4.88. The minimum absolute atomic E-state index is 0.0698. The van der Waals surface area contributed by atoms with E-state index in [1.165, 1.54) is 12.0 Å². The molecule has 1 aliphatic heterocycles. The molecule has 2 aromatic carbocycles. The number of methoxy groups -OCH3 is 1. The van der Waals surface area contributed by atoms with Crippen molar-refractivity contribution in [1.82, 2.24) is 10.2 Å². The van der Waals surface area contributed by atoms with E-state index in [1.807, 2.05) is 62.4 Å². The van der Waals surface area contributed by atoms with Crippen molar-refractivity contribution in [2.45, 2.75) is 44.4 Å². The molecule has 1 heterocycles. The van der Waals surface area contributed by atoms with Crippen molar-refractivity contribution < 1.29 is 29.0 Å². The van der Waals surface area contributed by atoms with Crippen LogP contribution in [0.2, 0.25) is 0 Å². The van der Waals surface area contributed by atoms with Crippen LogP contribution in [0.4, 0.5) is 4.79 Å². The van der Waals surface area contributed by atoms with Gasteiger partial charge in [0.25, 0.3) is 0 Å². The number of aliphatic hydroxyl groups is 1. The first kappa shape index (κ1) is 23.8. The fraction of sp³-hybridized carbons (Fsp3) is 0.423. The smallest absolute Gasteiger partial charge is 0.407 e. The van der Waals surface area contributed by atoms with E-state index in [9.17, 15) is 19.5 Å². The van der Waals surface area contributed by atoms with Crippen LogP contribution in [0.25, 0.3) is 11.1 Å². The largest absolute Gasteiger partial charge is 0.467 e. The number of carbonyl (C=O) groups is 3. The first-order valence-corrected chi connectivity index (χ1v) is 11.5. The van der Waals surface area contributed by atoms with Crippen LogP contribution in [-0.2, 0) is 19.1 Å². The van der Waals surface area contributed by atoms with E-state index in [2.05, 4.69) is 5.32 Å². The molecule has 2 N–H and O–H groups in total. The highest BCUT2D eigenvalue weighted by Gasteiger charge is 2.46. The third-order valence-corrected chi connectivity index (χ3v) is 6.48. The van der Waals surface area contributed by atoms with Gasteiger partial charge in [-0.2, -0.15) is 0 Å². The summed E-state index contributed by atoms with van der Waals surface area (Å²) in [6.45, 7) is 3.89. The minimum Gasteiger partial charge on any atom is -0.467 e. The maximum absolute atomic E-state index is 13.0. The van der Waals surface area contributed by atoms with E-state index in [-0.39, 0.29) is 25.0 Å². The van der Waals surface area contributed by atoms with Crippen molar-refractivity contribution in [2.75, 3.05) is 20.3 Å². The molecule has 0 saturated carbocycles. The number of nitrogens with one attached hydrogen (secondary N) is 1. The number of ether oxygens (including phenoxy) is 2. The van der Waals surface area contributed by atoms with E-state index < -0.39 is 36.2 Å². The molecule has 180 valence electrons. The first-order chi connectivity index (χ1) is 16.3.